The van der Waals surface area contributed by atoms with E-state index < -0.39 is 26.0 Å². The molecule has 0 fully saturated rings. The normalized spacial score (nSPS) is 14.9. The molecule has 0 unspecified atom stereocenters. The van der Waals surface area contributed by atoms with Crippen molar-refractivity contribution in [3.05, 3.63) is 167 Å². The number of hydrogen-bond donors (Lipinski definition) is 1. The number of rotatable bonds is 8. The number of fused-ring (bicyclic) bond motifs is 1. The van der Waals surface area contributed by atoms with E-state index in [2.05, 4.69) is 159 Å². The second kappa shape index (κ2) is 18.0. The van der Waals surface area contributed by atoms with Crippen LogP contribution in [0.4, 0.5) is 0 Å². The quantitative estimate of drug-likeness (QED) is 0.154. The molecule has 336 valence electrons. The maximum atomic E-state index is 12.3. The minimum atomic E-state index is -3.37. The fourth-order valence-electron chi connectivity index (χ4n) is 8.50. The maximum Gasteiger partial charge on any atom is 0.148 e. The van der Waals surface area contributed by atoms with Crippen LogP contribution in [0.2, 0.25) is 0 Å². The summed E-state index contributed by atoms with van der Waals surface area (Å²) < 4.78 is 76.0. The average Bonchev–Trinajstić information content (AvgIpc) is 3.69. The van der Waals surface area contributed by atoms with Crippen molar-refractivity contribution >= 4 is 11.0 Å². The number of phenolic OH excluding ortho intramolecular Hbond substituents is 1. The van der Waals surface area contributed by atoms with Crippen LogP contribution < -0.4 is 0 Å². The largest absolute Gasteiger partial charge is 0.507 e. The number of aromatic nitrogens is 3. The molecule has 0 saturated heterocycles. The zero-order valence-electron chi connectivity index (χ0n) is 48.0. The Kier molecular flexibility index (Phi) is 10.1. The molecular weight excluding hydrogens is 974 g/mol. The summed E-state index contributed by atoms with van der Waals surface area (Å²) in [4.78, 5) is 10.4. The molecule has 0 aliphatic heterocycles. The maximum absolute atomic E-state index is 12.3. The average molecular weight is 1050 g/mol. The van der Waals surface area contributed by atoms with Gasteiger partial charge in [-0.05, 0) is 103 Å². The molecule has 4 nitrogen and oxygen atoms in total. The van der Waals surface area contributed by atoms with Crippen LogP contribution >= 0.6 is 0 Å². The van der Waals surface area contributed by atoms with E-state index in [0.717, 1.165) is 55.7 Å². The number of imidazole rings is 1. The van der Waals surface area contributed by atoms with Crippen LogP contribution in [0.5, 0.6) is 5.75 Å². The van der Waals surface area contributed by atoms with Crippen LogP contribution in [-0.2, 0) is 37.3 Å². The van der Waals surface area contributed by atoms with Crippen molar-refractivity contribution in [3.63, 3.8) is 0 Å². The van der Waals surface area contributed by atoms with Gasteiger partial charge in [0.15, 0.2) is 0 Å². The molecule has 0 amide bonds. The third kappa shape index (κ3) is 9.57. The first-order chi connectivity index (χ1) is 33.9. The van der Waals surface area contributed by atoms with Crippen LogP contribution in [0.3, 0.4) is 0 Å². The summed E-state index contributed by atoms with van der Waals surface area (Å²) in [5, 5.41) is 12.3. The van der Waals surface area contributed by atoms with Crippen molar-refractivity contribution in [1.29, 1.82) is 0 Å². The van der Waals surface area contributed by atoms with E-state index in [4.69, 9.17) is 22.3 Å². The number of benzene rings is 6. The first-order valence-corrected chi connectivity index (χ1v) is 22.2. The van der Waals surface area contributed by atoms with Crippen molar-refractivity contribution < 1.29 is 38.5 Å². The van der Waals surface area contributed by atoms with E-state index in [9.17, 15) is 5.11 Å². The van der Waals surface area contributed by atoms with Gasteiger partial charge in [0.1, 0.15) is 11.6 Å². The number of nitrogens with zero attached hydrogens (tertiary/aromatic N) is 3. The van der Waals surface area contributed by atoms with Gasteiger partial charge in [0.25, 0.3) is 0 Å². The molecule has 0 bridgehead atoms. The molecule has 0 aliphatic rings. The Bertz CT molecular complexity index is 3300. The van der Waals surface area contributed by atoms with Gasteiger partial charge in [-0.1, -0.05) is 186 Å². The van der Waals surface area contributed by atoms with E-state index >= 15 is 0 Å². The number of pyridine rings is 1. The van der Waals surface area contributed by atoms with Crippen LogP contribution in [0.1, 0.15) is 142 Å². The molecule has 0 spiro atoms. The number of phenols is 1. The van der Waals surface area contributed by atoms with Crippen LogP contribution in [0.15, 0.2) is 134 Å². The summed E-state index contributed by atoms with van der Waals surface area (Å²) in [6.45, 7) is 11.5. The van der Waals surface area contributed by atoms with Crippen molar-refractivity contribution in [2.45, 2.75) is 118 Å². The number of hydrogen-bond acceptors (Lipinski definition) is 3. The van der Waals surface area contributed by atoms with Gasteiger partial charge in [-0.3, -0.25) is 9.55 Å². The van der Waals surface area contributed by atoms with E-state index in [1.807, 2.05) is 18.2 Å². The molecule has 0 aliphatic carbocycles. The topological polar surface area (TPSA) is 50.9 Å². The first-order valence-electron chi connectivity index (χ1n) is 26.7. The Balaban J connectivity index is 0.00000800. The molecule has 0 saturated carbocycles. The Morgan fingerprint density at radius 3 is 1.95 bits per heavy atom. The Hall–Kier alpha value is -5.57. The van der Waals surface area contributed by atoms with Crippen LogP contribution in [0, 0.1) is 6.07 Å². The van der Waals surface area contributed by atoms with E-state index in [0.29, 0.717) is 33.8 Å². The number of aromatic hydroxyl groups is 1. The molecule has 65 heavy (non-hydrogen) atoms. The van der Waals surface area contributed by atoms with E-state index in [1.165, 1.54) is 17.7 Å². The molecule has 1 N–H and O–H groups in total. The first kappa shape index (κ1) is 36.6. The summed E-state index contributed by atoms with van der Waals surface area (Å²) in [6, 6.07) is 44.7. The Morgan fingerprint density at radius 2 is 1.31 bits per heavy atom. The summed E-state index contributed by atoms with van der Waals surface area (Å²) in [5.74, 6) is 1.04. The number of para-hydroxylation sites is 1. The van der Waals surface area contributed by atoms with Gasteiger partial charge in [-0.15, -0.1) is 29.3 Å². The van der Waals surface area contributed by atoms with Gasteiger partial charge >= 0.3 is 0 Å². The predicted molar refractivity (Wildman–Crippen MR) is 271 cm³/mol. The molecule has 5 heteroatoms. The Labute approximate surface area is 415 Å². The summed E-state index contributed by atoms with van der Waals surface area (Å²) in [7, 11) is 0. The molecule has 8 rings (SSSR count). The fraction of sp³-hybridized carbons (Fsp3) is 0.300. The smallest absolute Gasteiger partial charge is 0.148 e. The zero-order valence-corrected chi connectivity index (χ0v) is 41.2. The van der Waals surface area contributed by atoms with Gasteiger partial charge in [-0.2, -0.15) is 0 Å². The second-order valence-corrected chi connectivity index (χ2v) is 19.8. The second-order valence-electron chi connectivity index (χ2n) is 19.8. The van der Waals surface area contributed by atoms with E-state index in [-0.39, 0.29) is 55.0 Å². The summed E-state index contributed by atoms with van der Waals surface area (Å²) in [5.41, 5.74) is 9.78. The Morgan fingerprint density at radius 1 is 0.600 bits per heavy atom. The van der Waals surface area contributed by atoms with E-state index in [1.54, 1.807) is 24.4 Å². The fourth-order valence-corrected chi connectivity index (χ4v) is 8.50. The molecule has 8 aromatic rings. The van der Waals surface area contributed by atoms with Gasteiger partial charge < -0.3 is 5.11 Å². The molecule has 6 aromatic carbocycles. The van der Waals surface area contributed by atoms with Crippen molar-refractivity contribution in [2.75, 3.05) is 0 Å². The summed E-state index contributed by atoms with van der Waals surface area (Å²) >= 11 is 0. The van der Waals surface area contributed by atoms with Gasteiger partial charge in [0.05, 0.1) is 16.6 Å². The summed E-state index contributed by atoms with van der Waals surface area (Å²) in [6.07, 6.45) is 1.67. The predicted octanol–water partition coefficient (Wildman–Crippen LogP) is 16.4. The third-order valence-electron chi connectivity index (χ3n) is 12.2. The van der Waals surface area contributed by atoms with Gasteiger partial charge in [0, 0.05) is 51.0 Å². The van der Waals surface area contributed by atoms with Crippen molar-refractivity contribution in [1.82, 2.24) is 14.5 Å². The van der Waals surface area contributed by atoms with Crippen molar-refractivity contribution in [2.24, 2.45) is 0 Å². The standard InChI is InChI=1S/C60H64N3O.Pt/c1-37(2)42-33-50(38(3)4)56(64)51(34-42)57-62-55-49(20-17-21-54(55)63(57)47-26-27-48(40-18-15-14-16-19-40)52(36-47)60(11,12)13)43-30-44(32-46(31-43)59(8,9)10)53-35-41(28-29-61-53)39-22-24-45(25-23-39)58(5,6)7;/h14-29,31-38,64H,1-13H3;/q-1;/i5D3,6D3,7D3;. The van der Waals surface area contributed by atoms with Gasteiger partial charge in [0.2, 0.25) is 0 Å². The molecular formula is C60H64N3OPt-. The molecule has 2 aromatic heterocycles. The molecule has 0 atom stereocenters. The third-order valence-corrected chi connectivity index (χ3v) is 12.2. The van der Waals surface area contributed by atoms with Crippen LogP contribution in [-0.4, -0.2) is 19.6 Å². The van der Waals surface area contributed by atoms with Gasteiger partial charge in [-0.25, -0.2) is 4.98 Å². The molecule has 0 radical (unpaired) electrons. The van der Waals surface area contributed by atoms with Crippen LogP contribution in [0.25, 0.3) is 72.7 Å². The SMILES string of the molecule is [2H]C([2H])([2H])C(c1ccc(-c2ccnc(-c3[c-]c(-c4cccc5c4nc(-c4cc(C(C)C)cc(C(C)C)c4O)n5-c4ccc(-c5ccccc5)c(C(C)(C)C)c4)cc(C(C)(C)C)c3)c2)cc1)(C([2H])([2H])[2H])C([2H])([2H])[2H].[Pt]. The van der Waals surface area contributed by atoms with Crippen molar-refractivity contribution in [3.8, 4) is 67.5 Å². The minimum absolute atomic E-state index is 0. The monoisotopic (exact) mass is 1050 g/mol. The minimum Gasteiger partial charge on any atom is -0.507 e. The zero-order chi connectivity index (χ0) is 53.4. The molecule has 2 heterocycles.